The predicted octanol–water partition coefficient (Wildman–Crippen LogP) is 5.97. The Morgan fingerprint density at radius 1 is 1.08 bits per heavy atom. The van der Waals surface area contributed by atoms with E-state index in [4.69, 9.17) is 9.47 Å². The molecule has 6 nitrogen and oxygen atoms in total. The minimum atomic E-state index is -1.76. The van der Waals surface area contributed by atoms with Crippen LogP contribution in [0.4, 0.5) is 5.69 Å². The van der Waals surface area contributed by atoms with Crippen LogP contribution in [0.15, 0.2) is 47.4 Å². The molecule has 2 heterocycles. The number of allylic oxidation sites excluding steroid dienone is 1. The highest BCUT2D eigenvalue weighted by atomic mass is 32.3. The fourth-order valence-electron chi connectivity index (χ4n) is 7.05. The number of benzene rings is 2. The summed E-state index contributed by atoms with van der Waals surface area (Å²) in [6.45, 7) is 10.1. The quantitative estimate of drug-likeness (QED) is 0.392. The Bertz CT molecular complexity index is 1310. The summed E-state index contributed by atoms with van der Waals surface area (Å²) in [4.78, 5) is 31.8. The first-order valence-electron chi connectivity index (χ1n) is 13.6. The molecule has 0 saturated heterocycles. The van der Waals surface area contributed by atoms with Crippen molar-refractivity contribution in [1.29, 1.82) is 0 Å². The molecule has 0 aromatic heterocycles. The summed E-state index contributed by atoms with van der Waals surface area (Å²) >= 11 is 0. The van der Waals surface area contributed by atoms with Gasteiger partial charge >= 0.3 is 0 Å². The SMILES string of the molecule is CCC1(C(C)C(C(=O)CCO)S(C)(C)c2ccc(OC)cc2)C(=O)N2c3c(cc(OC)cc31)C(C)=CC2(C)C. The number of nitrogens with zero attached hydrogens (tertiary/aromatic N) is 1. The van der Waals surface area contributed by atoms with Crippen molar-refractivity contribution in [1.82, 2.24) is 0 Å². The van der Waals surface area contributed by atoms with Gasteiger partial charge in [0, 0.05) is 12.0 Å². The molecule has 4 rings (SSSR count). The Labute approximate surface area is 234 Å². The molecule has 39 heavy (non-hydrogen) atoms. The number of ether oxygens (including phenoxy) is 2. The lowest BCUT2D eigenvalue weighted by Gasteiger charge is -2.48. The van der Waals surface area contributed by atoms with Crippen molar-refractivity contribution in [3.05, 3.63) is 53.6 Å². The summed E-state index contributed by atoms with van der Waals surface area (Å²) in [5.41, 5.74) is 2.53. The zero-order chi connectivity index (χ0) is 28.9. The van der Waals surface area contributed by atoms with Crippen LogP contribution < -0.4 is 14.4 Å². The van der Waals surface area contributed by atoms with Gasteiger partial charge in [0.25, 0.3) is 0 Å². The van der Waals surface area contributed by atoms with Crippen molar-refractivity contribution in [2.75, 3.05) is 38.2 Å². The van der Waals surface area contributed by atoms with Gasteiger partial charge in [0.1, 0.15) is 17.3 Å². The van der Waals surface area contributed by atoms with E-state index in [1.165, 1.54) is 0 Å². The number of anilines is 1. The minimum Gasteiger partial charge on any atom is -0.497 e. The van der Waals surface area contributed by atoms with Crippen LogP contribution in [0, 0.1) is 5.92 Å². The van der Waals surface area contributed by atoms with E-state index in [0.717, 1.165) is 33.0 Å². The smallest absolute Gasteiger partial charge is 0.238 e. The number of methoxy groups -OCH3 is 2. The first-order valence-corrected chi connectivity index (χ1v) is 16.1. The molecule has 2 aromatic rings. The van der Waals surface area contributed by atoms with E-state index in [0.29, 0.717) is 12.2 Å². The summed E-state index contributed by atoms with van der Waals surface area (Å²) in [7, 11) is 1.52. The van der Waals surface area contributed by atoms with E-state index in [1.54, 1.807) is 14.2 Å². The number of carbonyl (C=O) groups excluding carboxylic acids is 2. The third-order valence-corrected chi connectivity index (χ3v) is 12.4. The second-order valence-electron chi connectivity index (χ2n) is 11.7. The summed E-state index contributed by atoms with van der Waals surface area (Å²) < 4.78 is 11.1. The van der Waals surface area contributed by atoms with Crippen molar-refractivity contribution in [2.24, 2.45) is 5.92 Å². The maximum Gasteiger partial charge on any atom is 0.238 e. The Morgan fingerprint density at radius 3 is 2.23 bits per heavy atom. The van der Waals surface area contributed by atoms with Crippen LogP contribution in [0.3, 0.4) is 0 Å². The first-order chi connectivity index (χ1) is 18.3. The fraction of sp³-hybridized carbons (Fsp3) is 0.500. The standard InChI is InChI=1S/C32H43NO5S/c1-10-32(21(3)29(27(35)15-16-34)39(8,9)24-13-11-22(37-6)12-14-24)26-18-23(38-7)17-25-20(2)19-31(4,5)33(28(25)26)30(32)36/h11-14,17-19,21,29,34H,10,15-16H2,1-9H3. The summed E-state index contributed by atoms with van der Waals surface area (Å²) in [5, 5.41) is 9.38. The number of aliphatic hydroxyl groups excluding tert-OH is 1. The van der Waals surface area contributed by atoms with Crippen LogP contribution in [0.1, 0.15) is 58.6 Å². The average Bonchev–Trinajstić information content (AvgIpc) is 3.16. The predicted molar refractivity (Wildman–Crippen MR) is 161 cm³/mol. The highest BCUT2D eigenvalue weighted by molar-refractivity contribution is 8.33. The van der Waals surface area contributed by atoms with E-state index in [1.807, 2.05) is 41.3 Å². The number of aliphatic hydroxyl groups is 1. The van der Waals surface area contributed by atoms with E-state index in [-0.39, 0.29) is 30.6 Å². The summed E-state index contributed by atoms with van der Waals surface area (Å²) in [6.07, 6.45) is 7.05. The number of ketones is 1. The Hall–Kier alpha value is -2.77. The van der Waals surface area contributed by atoms with Gasteiger partial charge in [0.05, 0.1) is 42.7 Å². The number of rotatable bonds is 10. The van der Waals surface area contributed by atoms with Crippen molar-refractivity contribution >= 4 is 33.0 Å². The molecule has 3 atom stereocenters. The molecule has 2 aliphatic rings. The van der Waals surface area contributed by atoms with Crippen LogP contribution in [0.25, 0.3) is 5.57 Å². The lowest BCUT2D eigenvalue weighted by molar-refractivity contribution is -0.127. The minimum absolute atomic E-state index is 0.00648. The highest BCUT2D eigenvalue weighted by Crippen LogP contribution is 2.63. The zero-order valence-corrected chi connectivity index (χ0v) is 25.6. The maximum absolute atomic E-state index is 14.8. The lowest BCUT2D eigenvalue weighted by Crippen LogP contribution is -2.55. The first kappa shape index (κ1) is 29.2. The molecule has 1 amide bonds. The molecule has 0 spiro atoms. The van der Waals surface area contributed by atoms with E-state index in [9.17, 15) is 14.7 Å². The van der Waals surface area contributed by atoms with Gasteiger partial charge in [0.2, 0.25) is 5.91 Å². The van der Waals surface area contributed by atoms with Crippen molar-refractivity contribution in [2.45, 2.75) is 68.6 Å². The molecule has 0 radical (unpaired) electrons. The van der Waals surface area contributed by atoms with Gasteiger partial charge in [-0.15, -0.1) is 0 Å². The van der Waals surface area contributed by atoms with Crippen LogP contribution in [0.2, 0.25) is 0 Å². The number of carbonyl (C=O) groups is 2. The molecule has 0 fully saturated rings. The third kappa shape index (κ3) is 4.38. The van der Waals surface area contributed by atoms with Crippen molar-refractivity contribution in [3.63, 3.8) is 0 Å². The summed E-state index contributed by atoms with van der Waals surface area (Å²) in [6, 6.07) is 11.9. The van der Waals surface area contributed by atoms with Crippen molar-refractivity contribution < 1.29 is 24.2 Å². The number of amides is 1. The van der Waals surface area contributed by atoms with Gasteiger partial charge in [-0.3, -0.25) is 9.59 Å². The monoisotopic (exact) mass is 553 g/mol. The topological polar surface area (TPSA) is 76.1 Å². The molecule has 3 unspecified atom stereocenters. The van der Waals surface area contributed by atoms with E-state index in [2.05, 4.69) is 53.2 Å². The molecule has 212 valence electrons. The Kier molecular flexibility index (Phi) is 7.74. The molecule has 0 saturated carbocycles. The Morgan fingerprint density at radius 2 is 1.69 bits per heavy atom. The van der Waals surface area contributed by atoms with E-state index < -0.39 is 26.2 Å². The molecule has 0 bridgehead atoms. The fourth-order valence-corrected chi connectivity index (χ4v) is 10.2. The van der Waals surface area contributed by atoms with Gasteiger partial charge in [-0.25, -0.2) is 10.0 Å². The largest absolute Gasteiger partial charge is 0.497 e. The van der Waals surface area contributed by atoms with Crippen LogP contribution >= 0.6 is 10.0 Å². The molecule has 0 aliphatic carbocycles. The van der Waals surface area contributed by atoms with Crippen LogP contribution in [-0.4, -0.2) is 60.9 Å². The molecule has 7 heteroatoms. The number of hydrogen-bond acceptors (Lipinski definition) is 5. The molecular formula is C32H43NO5S. The van der Waals surface area contributed by atoms with Crippen LogP contribution in [0.5, 0.6) is 11.5 Å². The van der Waals surface area contributed by atoms with Gasteiger partial charge in [-0.05, 0) is 98.1 Å². The normalized spacial score (nSPS) is 21.6. The molecular weight excluding hydrogens is 510 g/mol. The van der Waals surface area contributed by atoms with E-state index >= 15 is 0 Å². The van der Waals surface area contributed by atoms with Gasteiger partial charge < -0.3 is 19.5 Å². The molecule has 2 aromatic carbocycles. The summed E-state index contributed by atoms with van der Waals surface area (Å²) in [5.74, 6) is 1.15. The van der Waals surface area contributed by atoms with Crippen LogP contribution in [-0.2, 0) is 15.0 Å². The van der Waals surface area contributed by atoms with Crippen molar-refractivity contribution in [3.8, 4) is 11.5 Å². The second-order valence-corrected chi connectivity index (χ2v) is 15.5. The number of hydrogen-bond donors (Lipinski definition) is 1. The maximum atomic E-state index is 14.8. The third-order valence-electron chi connectivity index (χ3n) is 8.95. The number of Topliss-reactive ketones (excluding diaryl/α,β-unsaturated/α-hetero) is 1. The molecule has 2 aliphatic heterocycles. The van der Waals surface area contributed by atoms with Gasteiger partial charge in [0.15, 0.2) is 0 Å². The Balaban J connectivity index is 1.97. The van der Waals surface area contributed by atoms with Gasteiger partial charge in [-0.2, -0.15) is 0 Å². The highest BCUT2D eigenvalue weighted by Gasteiger charge is 2.60. The van der Waals surface area contributed by atoms with Gasteiger partial charge in [-0.1, -0.05) is 19.9 Å². The molecule has 1 N–H and O–H groups in total. The zero-order valence-electron chi connectivity index (χ0n) is 24.8. The second kappa shape index (κ2) is 10.3. The lowest BCUT2D eigenvalue weighted by atomic mass is 9.67. The average molecular weight is 554 g/mol.